The fourth-order valence-corrected chi connectivity index (χ4v) is 0.828. The van der Waals surface area contributed by atoms with Gasteiger partial charge in [0.05, 0.1) is 17.9 Å². The first kappa shape index (κ1) is 12.8. The third kappa shape index (κ3) is 8.18. The smallest absolute Gasteiger partial charge is 0.0848 e. The fraction of sp³-hybridized carbons (Fsp3) is 1.00. The van der Waals surface area contributed by atoms with Gasteiger partial charge in [-0.25, -0.2) is 0 Å². The van der Waals surface area contributed by atoms with E-state index in [1.54, 1.807) is 6.92 Å². The first-order valence-electron chi connectivity index (χ1n) is 4.69. The first-order valence-corrected chi connectivity index (χ1v) is 4.69. The second kappa shape index (κ2) is 4.91. The molecule has 4 heteroatoms. The monoisotopic (exact) mass is 189 g/mol. The molecule has 0 bridgehead atoms. The summed E-state index contributed by atoms with van der Waals surface area (Å²) in [6.07, 6.45) is 0. The second-order valence-corrected chi connectivity index (χ2v) is 4.33. The predicted octanol–water partition coefficient (Wildman–Crippen LogP) is 0.0247. The summed E-state index contributed by atoms with van der Waals surface area (Å²) in [5, 5.41) is 3.22. The molecule has 0 aliphatic carbocycles. The lowest BCUT2D eigenvalue weighted by atomic mass is 10.1. The van der Waals surface area contributed by atoms with Crippen LogP contribution in [0, 0.1) is 0 Å². The van der Waals surface area contributed by atoms with Gasteiger partial charge in [0, 0.05) is 6.54 Å². The molecule has 0 saturated heterocycles. The molecule has 80 valence electrons. The van der Waals surface area contributed by atoms with Crippen LogP contribution < -0.4 is 16.8 Å². The van der Waals surface area contributed by atoms with E-state index in [1.165, 1.54) is 0 Å². The van der Waals surface area contributed by atoms with E-state index in [-0.39, 0.29) is 5.60 Å². The highest BCUT2D eigenvalue weighted by Gasteiger charge is 2.21. The van der Waals surface area contributed by atoms with Gasteiger partial charge in [0.2, 0.25) is 0 Å². The standard InChI is InChI=1S/C9H23N3O/c1-5-12-6-8(2,3)13-7-9(4,10)11/h12H,5-7,10-11H2,1-4H3. The van der Waals surface area contributed by atoms with Crippen molar-refractivity contribution in [3.63, 3.8) is 0 Å². The van der Waals surface area contributed by atoms with Gasteiger partial charge in [-0.1, -0.05) is 6.92 Å². The van der Waals surface area contributed by atoms with E-state index in [2.05, 4.69) is 12.2 Å². The minimum Gasteiger partial charge on any atom is -0.371 e. The van der Waals surface area contributed by atoms with Gasteiger partial charge in [-0.3, -0.25) is 0 Å². The molecular weight excluding hydrogens is 166 g/mol. The highest BCUT2D eigenvalue weighted by atomic mass is 16.5. The molecule has 0 spiro atoms. The van der Waals surface area contributed by atoms with Crippen molar-refractivity contribution in [2.24, 2.45) is 11.5 Å². The van der Waals surface area contributed by atoms with Gasteiger partial charge < -0.3 is 21.5 Å². The van der Waals surface area contributed by atoms with Crippen LogP contribution in [0.2, 0.25) is 0 Å². The molecule has 0 unspecified atom stereocenters. The Labute approximate surface area is 81.0 Å². The van der Waals surface area contributed by atoms with Crippen LogP contribution in [0.1, 0.15) is 27.7 Å². The Morgan fingerprint density at radius 3 is 2.15 bits per heavy atom. The number of nitrogens with two attached hydrogens (primary N) is 2. The number of hydrogen-bond donors (Lipinski definition) is 3. The summed E-state index contributed by atoms with van der Waals surface area (Å²) < 4.78 is 5.58. The van der Waals surface area contributed by atoms with Crippen molar-refractivity contribution in [3.05, 3.63) is 0 Å². The van der Waals surface area contributed by atoms with Crippen LogP contribution in [-0.4, -0.2) is 31.0 Å². The van der Waals surface area contributed by atoms with Gasteiger partial charge in [0.25, 0.3) is 0 Å². The van der Waals surface area contributed by atoms with E-state index < -0.39 is 5.66 Å². The van der Waals surface area contributed by atoms with Crippen LogP contribution in [0.5, 0.6) is 0 Å². The van der Waals surface area contributed by atoms with Gasteiger partial charge in [-0.05, 0) is 27.3 Å². The maximum absolute atomic E-state index is 5.60. The SMILES string of the molecule is CCNCC(C)(C)OCC(C)(N)N. The van der Waals surface area contributed by atoms with E-state index in [9.17, 15) is 0 Å². The summed E-state index contributed by atoms with van der Waals surface area (Å²) in [5.74, 6) is 0. The number of nitrogens with one attached hydrogen (secondary N) is 1. The molecule has 0 aromatic carbocycles. The minimum atomic E-state index is -0.747. The number of hydrogen-bond acceptors (Lipinski definition) is 4. The van der Waals surface area contributed by atoms with Gasteiger partial charge in [-0.2, -0.15) is 0 Å². The molecule has 0 radical (unpaired) electrons. The Hall–Kier alpha value is -0.160. The lowest BCUT2D eigenvalue weighted by Gasteiger charge is -2.29. The summed E-state index contributed by atoms with van der Waals surface area (Å²) >= 11 is 0. The van der Waals surface area contributed by atoms with Crippen LogP contribution in [0.3, 0.4) is 0 Å². The van der Waals surface area contributed by atoms with Gasteiger partial charge in [0.15, 0.2) is 0 Å². The van der Waals surface area contributed by atoms with Crippen LogP contribution in [0.4, 0.5) is 0 Å². The van der Waals surface area contributed by atoms with Gasteiger partial charge >= 0.3 is 0 Å². The quantitative estimate of drug-likeness (QED) is 0.515. The molecule has 13 heavy (non-hydrogen) atoms. The Bertz CT molecular complexity index is 140. The maximum atomic E-state index is 5.60. The first-order chi connectivity index (χ1) is 5.77. The number of rotatable bonds is 6. The van der Waals surface area contributed by atoms with Crippen molar-refractivity contribution in [1.82, 2.24) is 5.32 Å². The van der Waals surface area contributed by atoms with E-state index in [0.29, 0.717) is 6.61 Å². The molecule has 0 aromatic rings. The van der Waals surface area contributed by atoms with Gasteiger partial charge in [-0.15, -0.1) is 0 Å². The molecular formula is C9H23N3O. The van der Waals surface area contributed by atoms with Crippen molar-refractivity contribution >= 4 is 0 Å². The zero-order valence-electron chi connectivity index (χ0n) is 9.18. The Morgan fingerprint density at radius 1 is 1.23 bits per heavy atom. The average Bonchev–Trinajstić information content (AvgIpc) is 1.97. The highest BCUT2D eigenvalue weighted by molar-refractivity contribution is 4.76. The molecule has 0 amide bonds. The second-order valence-electron chi connectivity index (χ2n) is 4.33. The average molecular weight is 189 g/mol. The molecule has 0 atom stereocenters. The van der Waals surface area contributed by atoms with Crippen molar-refractivity contribution < 1.29 is 4.74 Å². The molecule has 0 saturated carbocycles. The zero-order chi connectivity index (χ0) is 10.5. The van der Waals surface area contributed by atoms with Crippen molar-refractivity contribution in [2.45, 2.75) is 39.0 Å². The summed E-state index contributed by atoms with van der Waals surface area (Å²) in [7, 11) is 0. The van der Waals surface area contributed by atoms with Crippen LogP contribution >= 0.6 is 0 Å². The molecule has 0 aliphatic rings. The van der Waals surface area contributed by atoms with E-state index >= 15 is 0 Å². The highest BCUT2D eigenvalue weighted by Crippen LogP contribution is 2.08. The molecule has 5 N–H and O–H groups in total. The van der Waals surface area contributed by atoms with Crippen LogP contribution in [-0.2, 0) is 4.74 Å². The lowest BCUT2D eigenvalue weighted by molar-refractivity contribution is -0.0364. The topological polar surface area (TPSA) is 73.3 Å². The van der Waals surface area contributed by atoms with Crippen LogP contribution in [0.15, 0.2) is 0 Å². The van der Waals surface area contributed by atoms with E-state index in [1.807, 2.05) is 13.8 Å². The molecule has 0 aromatic heterocycles. The summed E-state index contributed by atoms with van der Waals surface area (Å²) in [6, 6.07) is 0. The lowest BCUT2D eigenvalue weighted by Crippen LogP contribution is -2.53. The van der Waals surface area contributed by atoms with E-state index in [0.717, 1.165) is 13.1 Å². The number of ether oxygens (including phenoxy) is 1. The van der Waals surface area contributed by atoms with Gasteiger partial charge in [0.1, 0.15) is 0 Å². The molecule has 0 heterocycles. The van der Waals surface area contributed by atoms with Crippen LogP contribution in [0.25, 0.3) is 0 Å². The Morgan fingerprint density at radius 2 is 1.77 bits per heavy atom. The van der Waals surface area contributed by atoms with Crippen molar-refractivity contribution in [3.8, 4) is 0 Å². The Balaban J connectivity index is 3.75. The zero-order valence-corrected chi connectivity index (χ0v) is 9.18. The van der Waals surface area contributed by atoms with Crippen molar-refractivity contribution in [1.29, 1.82) is 0 Å². The summed E-state index contributed by atoms with van der Waals surface area (Å²) in [6.45, 7) is 9.95. The summed E-state index contributed by atoms with van der Waals surface area (Å²) in [5.41, 5.74) is 10.2. The summed E-state index contributed by atoms with van der Waals surface area (Å²) in [4.78, 5) is 0. The molecule has 0 rings (SSSR count). The fourth-order valence-electron chi connectivity index (χ4n) is 0.828. The third-order valence-electron chi connectivity index (χ3n) is 1.57. The molecule has 0 aliphatic heterocycles. The minimum absolute atomic E-state index is 0.212. The molecule has 0 fully saturated rings. The number of likely N-dealkylation sites (N-methyl/N-ethyl adjacent to an activating group) is 1. The normalized spacial score (nSPS) is 13.4. The predicted molar refractivity (Wildman–Crippen MR) is 55.4 cm³/mol. The molecule has 4 nitrogen and oxygen atoms in total. The Kier molecular flexibility index (Phi) is 4.85. The van der Waals surface area contributed by atoms with E-state index in [4.69, 9.17) is 16.2 Å². The van der Waals surface area contributed by atoms with Crippen molar-refractivity contribution in [2.75, 3.05) is 19.7 Å². The largest absolute Gasteiger partial charge is 0.371 e. The maximum Gasteiger partial charge on any atom is 0.0848 e. The third-order valence-corrected chi connectivity index (χ3v) is 1.57.